The zero-order chi connectivity index (χ0) is 12.7. The molecule has 0 fully saturated rings. The molecule has 0 aliphatic carbocycles. The van der Waals surface area contributed by atoms with E-state index >= 15 is 0 Å². The number of nitrogens with zero attached hydrogens (tertiary/aromatic N) is 1. The van der Waals surface area contributed by atoms with Crippen LogP contribution in [-0.4, -0.2) is 40.9 Å². The van der Waals surface area contributed by atoms with E-state index < -0.39 is 18.4 Å². The van der Waals surface area contributed by atoms with Crippen LogP contribution in [0.2, 0.25) is 0 Å². The fraction of sp³-hybridized carbons (Fsp3) is 0.700. The number of carbonyl (C=O) groups is 3. The molecule has 0 saturated heterocycles. The lowest BCUT2D eigenvalue weighted by Gasteiger charge is -2.23. The second kappa shape index (κ2) is 6.81. The van der Waals surface area contributed by atoms with Crippen LogP contribution in [-0.2, 0) is 14.4 Å². The third-order valence-electron chi connectivity index (χ3n) is 2.32. The first-order valence-corrected chi connectivity index (χ1v) is 5.21. The summed E-state index contributed by atoms with van der Waals surface area (Å²) in [6.45, 7) is 2.85. The molecule has 16 heavy (non-hydrogen) atoms. The lowest BCUT2D eigenvalue weighted by molar-refractivity contribution is -0.147. The van der Waals surface area contributed by atoms with Crippen LogP contribution in [0.1, 0.15) is 26.7 Å². The van der Waals surface area contributed by atoms with E-state index in [1.54, 1.807) is 0 Å². The van der Waals surface area contributed by atoms with Gasteiger partial charge < -0.3 is 15.7 Å². The van der Waals surface area contributed by atoms with Crippen LogP contribution >= 0.6 is 0 Å². The molecule has 0 radical (unpaired) electrons. The van der Waals surface area contributed by atoms with Crippen molar-refractivity contribution in [3.63, 3.8) is 0 Å². The largest absolute Gasteiger partial charge is 0.480 e. The Morgan fingerprint density at radius 3 is 2.00 bits per heavy atom. The summed E-state index contributed by atoms with van der Waals surface area (Å²) in [6, 6.07) is 0. The number of rotatable bonds is 7. The second-order valence-electron chi connectivity index (χ2n) is 3.57. The standard InChI is InChI=1S/C10H18N2O4/c1-3-7(4-2)10(16)12(5-8(11)13)6-9(14)15/h7H,3-6H2,1-2H3,(H2,11,13)(H,14,15). The summed E-state index contributed by atoms with van der Waals surface area (Å²) in [5.74, 6) is -2.44. The number of amides is 2. The SMILES string of the molecule is CCC(CC)C(=O)N(CC(N)=O)CC(=O)O. The van der Waals surface area contributed by atoms with Gasteiger partial charge in [0.1, 0.15) is 6.54 Å². The minimum atomic E-state index is -1.15. The average molecular weight is 230 g/mol. The number of nitrogens with two attached hydrogens (primary N) is 1. The molecule has 0 atom stereocenters. The van der Waals surface area contributed by atoms with Crippen molar-refractivity contribution in [2.24, 2.45) is 11.7 Å². The van der Waals surface area contributed by atoms with Crippen LogP contribution in [0.4, 0.5) is 0 Å². The van der Waals surface area contributed by atoms with E-state index in [2.05, 4.69) is 0 Å². The van der Waals surface area contributed by atoms with E-state index in [9.17, 15) is 14.4 Å². The Kier molecular flexibility index (Phi) is 6.14. The molecule has 0 saturated carbocycles. The van der Waals surface area contributed by atoms with Gasteiger partial charge in [-0.1, -0.05) is 13.8 Å². The zero-order valence-corrected chi connectivity index (χ0v) is 9.60. The van der Waals surface area contributed by atoms with Crippen LogP contribution in [0, 0.1) is 5.92 Å². The Morgan fingerprint density at radius 1 is 1.19 bits per heavy atom. The van der Waals surface area contributed by atoms with Crippen molar-refractivity contribution in [2.75, 3.05) is 13.1 Å². The van der Waals surface area contributed by atoms with E-state index in [-0.39, 0.29) is 18.4 Å². The smallest absolute Gasteiger partial charge is 0.323 e. The van der Waals surface area contributed by atoms with Gasteiger partial charge in [-0.3, -0.25) is 14.4 Å². The van der Waals surface area contributed by atoms with Gasteiger partial charge in [-0.05, 0) is 12.8 Å². The molecular formula is C10H18N2O4. The molecule has 0 unspecified atom stereocenters. The van der Waals surface area contributed by atoms with Gasteiger partial charge in [-0.2, -0.15) is 0 Å². The van der Waals surface area contributed by atoms with Crippen molar-refractivity contribution < 1.29 is 19.5 Å². The average Bonchev–Trinajstić information content (AvgIpc) is 2.17. The molecule has 0 rings (SSSR count). The summed E-state index contributed by atoms with van der Waals surface area (Å²) in [7, 11) is 0. The molecular weight excluding hydrogens is 212 g/mol. The molecule has 0 aromatic heterocycles. The maximum Gasteiger partial charge on any atom is 0.323 e. The first-order valence-electron chi connectivity index (χ1n) is 5.21. The van der Waals surface area contributed by atoms with Gasteiger partial charge in [-0.15, -0.1) is 0 Å². The number of aliphatic carboxylic acids is 1. The van der Waals surface area contributed by atoms with Crippen LogP contribution < -0.4 is 5.73 Å². The van der Waals surface area contributed by atoms with Crippen molar-refractivity contribution in [3.8, 4) is 0 Å². The van der Waals surface area contributed by atoms with E-state index in [0.717, 1.165) is 4.90 Å². The highest BCUT2D eigenvalue weighted by atomic mass is 16.4. The Balaban J connectivity index is 4.66. The highest BCUT2D eigenvalue weighted by Crippen LogP contribution is 2.11. The Bertz CT molecular complexity index is 258. The number of primary amides is 1. The maximum absolute atomic E-state index is 11.8. The van der Waals surface area contributed by atoms with Gasteiger partial charge in [0.15, 0.2) is 0 Å². The summed E-state index contributed by atoms with van der Waals surface area (Å²) in [6.07, 6.45) is 1.23. The van der Waals surface area contributed by atoms with Gasteiger partial charge in [0.2, 0.25) is 11.8 Å². The van der Waals surface area contributed by atoms with Gasteiger partial charge in [0.25, 0.3) is 0 Å². The Labute approximate surface area is 94.4 Å². The summed E-state index contributed by atoms with van der Waals surface area (Å²) in [4.78, 5) is 34.1. The lowest BCUT2D eigenvalue weighted by atomic mass is 10.0. The summed E-state index contributed by atoms with van der Waals surface area (Å²) < 4.78 is 0. The molecule has 2 amide bonds. The molecule has 92 valence electrons. The molecule has 0 aromatic rings. The number of hydrogen-bond acceptors (Lipinski definition) is 3. The first-order chi connectivity index (χ1) is 7.42. The minimum Gasteiger partial charge on any atom is -0.480 e. The molecule has 0 aliphatic rings. The third-order valence-corrected chi connectivity index (χ3v) is 2.32. The molecule has 6 nitrogen and oxygen atoms in total. The molecule has 0 bridgehead atoms. The first kappa shape index (κ1) is 14.4. The summed E-state index contributed by atoms with van der Waals surface area (Å²) in [5, 5.41) is 8.63. The molecule has 6 heteroatoms. The molecule has 3 N–H and O–H groups in total. The van der Waals surface area contributed by atoms with Crippen molar-refractivity contribution in [1.29, 1.82) is 0 Å². The van der Waals surface area contributed by atoms with Gasteiger partial charge in [0, 0.05) is 5.92 Å². The van der Waals surface area contributed by atoms with Crippen LogP contribution in [0.3, 0.4) is 0 Å². The molecule has 0 aliphatic heterocycles. The number of carboxylic acids is 1. The molecule has 0 aromatic carbocycles. The van der Waals surface area contributed by atoms with Crippen molar-refractivity contribution in [1.82, 2.24) is 4.90 Å². The van der Waals surface area contributed by atoms with Gasteiger partial charge in [-0.25, -0.2) is 0 Å². The minimum absolute atomic E-state index is 0.251. The fourth-order valence-corrected chi connectivity index (χ4v) is 1.46. The Morgan fingerprint density at radius 2 is 1.69 bits per heavy atom. The lowest BCUT2D eigenvalue weighted by Crippen LogP contribution is -2.44. The highest BCUT2D eigenvalue weighted by Gasteiger charge is 2.24. The van der Waals surface area contributed by atoms with Crippen LogP contribution in [0.15, 0.2) is 0 Å². The normalized spacial score (nSPS) is 10.2. The van der Waals surface area contributed by atoms with Crippen LogP contribution in [0.25, 0.3) is 0 Å². The number of carboxylic acid groups (broad SMARTS) is 1. The van der Waals surface area contributed by atoms with E-state index in [1.807, 2.05) is 13.8 Å². The van der Waals surface area contributed by atoms with Gasteiger partial charge in [0.05, 0.1) is 6.54 Å². The predicted octanol–water partition coefficient (Wildman–Crippen LogP) is -0.179. The molecule has 0 heterocycles. The maximum atomic E-state index is 11.8. The van der Waals surface area contributed by atoms with E-state index in [1.165, 1.54) is 0 Å². The van der Waals surface area contributed by atoms with Crippen molar-refractivity contribution in [3.05, 3.63) is 0 Å². The van der Waals surface area contributed by atoms with Crippen molar-refractivity contribution in [2.45, 2.75) is 26.7 Å². The quantitative estimate of drug-likeness (QED) is 0.633. The highest BCUT2D eigenvalue weighted by molar-refractivity contribution is 5.87. The topological polar surface area (TPSA) is 101 Å². The summed E-state index contributed by atoms with van der Waals surface area (Å²) >= 11 is 0. The fourth-order valence-electron chi connectivity index (χ4n) is 1.46. The van der Waals surface area contributed by atoms with E-state index in [0.29, 0.717) is 12.8 Å². The molecule has 0 spiro atoms. The van der Waals surface area contributed by atoms with E-state index in [4.69, 9.17) is 10.8 Å². The third kappa shape index (κ3) is 4.77. The monoisotopic (exact) mass is 230 g/mol. The van der Waals surface area contributed by atoms with Crippen molar-refractivity contribution >= 4 is 17.8 Å². The van der Waals surface area contributed by atoms with Gasteiger partial charge >= 0.3 is 5.97 Å². The zero-order valence-electron chi connectivity index (χ0n) is 9.60. The van der Waals surface area contributed by atoms with Crippen LogP contribution in [0.5, 0.6) is 0 Å². The Hall–Kier alpha value is -1.59. The predicted molar refractivity (Wildman–Crippen MR) is 57.5 cm³/mol. The summed E-state index contributed by atoms with van der Waals surface area (Å²) in [5.41, 5.74) is 4.96. The number of hydrogen-bond donors (Lipinski definition) is 2. The number of carbonyl (C=O) groups excluding carboxylic acids is 2. The second-order valence-corrected chi connectivity index (χ2v) is 3.57.